The van der Waals surface area contributed by atoms with Crippen LogP contribution in [-0.4, -0.2) is 30.7 Å². The van der Waals surface area contributed by atoms with Crippen molar-refractivity contribution in [2.75, 3.05) is 19.0 Å². The molecule has 0 saturated carbocycles. The quantitative estimate of drug-likeness (QED) is 0.395. The Kier molecular flexibility index (Phi) is 7.66. The van der Waals surface area contributed by atoms with Crippen LogP contribution in [0, 0.1) is 0 Å². The summed E-state index contributed by atoms with van der Waals surface area (Å²) in [4.78, 5) is 29.6. The van der Waals surface area contributed by atoms with Crippen molar-refractivity contribution in [2.24, 2.45) is 4.99 Å². The van der Waals surface area contributed by atoms with Gasteiger partial charge in [-0.05, 0) is 75.7 Å². The number of aliphatic imine (C=N–C) groups is 1. The minimum absolute atomic E-state index is 0.193. The first-order valence-electron chi connectivity index (χ1n) is 10.2. The standard InChI is InChI=1S/C25H20BrN3O4S/c1-32-20-13-16(14-21-24(31)29-25(34-21)28-18-10-6-3-7-11-18)12-19(26)23(20)33-15-22(30)27-17-8-4-2-5-9-17/h2-14H,15H2,1H3,(H,27,30)(H,28,29,31)/b21-14-. The van der Waals surface area contributed by atoms with Crippen molar-refractivity contribution in [3.8, 4) is 11.5 Å². The monoisotopic (exact) mass is 537 g/mol. The van der Waals surface area contributed by atoms with Crippen molar-refractivity contribution < 1.29 is 19.1 Å². The third-order valence-electron chi connectivity index (χ3n) is 4.59. The zero-order chi connectivity index (χ0) is 23.9. The maximum absolute atomic E-state index is 12.4. The van der Waals surface area contributed by atoms with Crippen LogP contribution in [0.5, 0.6) is 11.5 Å². The van der Waals surface area contributed by atoms with Crippen molar-refractivity contribution in [3.63, 3.8) is 0 Å². The first-order valence-corrected chi connectivity index (χ1v) is 11.8. The number of nitrogens with zero attached hydrogens (tertiary/aromatic N) is 1. The zero-order valence-electron chi connectivity index (χ0n) is 18.1. The number of anilines is 1. The summed E-state index contributed by atoms with van der Waals surface area (Å²) >= 11 is 4.74. The molecular formula is C25H20BrN3O4S. The lowest BCUT2D eigenvalue weighted by atomic mass is 10.2. The Morgan fingerprint density at radius 2 is 1.82 bits per heavy atom. The fourth-order valence-corrected chi connectivity index (χ4v) is 4.49. The smallest absolute Gasteiger partial charge is 0.264 e. The van der Waals surface area contributed by atoms with Gasteiger partial charge in [0, 0.05) is 5.69 Å². The largest absolute Gasteiger partial charge is 0.493 e. The number of ether oxygens (including phenoxy) is 2. The molecular weight excluding hydrogens is 518 g/mol. The molecule has 4 rings (SSSR count). The molecule has 2 N–H and O–H groups in total. The predicted molar refractivity (Wildman–Crippen MR) is 139 cm³/mol. The highest BCUT2D eigenvalue weighted by atomic mass is 79.9. The SMILES string of the molecule is COc1cc(/C=C2\SC(=Nc3ccccc3)NC2=O)cc(Br)c1OCC(=O)Nc1ccccc1. The van der Waals surface area contributed by atoms with Crippen LogP contribution in [-0.2, 0) is 9.59 Å². The summed E-state index contributed by atoms with van der Waals surface area (Å²) in [5.74, 6) is 0.293. The number of rotatable bonds is 7. The number of methoxy groups -OCH3 is 1. The molecule has 172 valence electrons. The van der Waals surface area contributed by atoms with Crippen LogP contribution in [0.15, 0.2) is 87.2 Å². The number of para-hydroxylation sites is 2. The number of hydrogen-bond acceptors (Lipinski definition) is 6. The minimum atomic E-state index is -0.296. The second-order valence-electron chi connectivity index (χ2n) is 7.05. The van der Waals surface area contributed by atoms with Crippen LogP contribution in [0.1, 0.15) is 5.56 Å². The summed E-state index contributed by atoms with van der Waals surface area (Å²) in [7, 11) is 1.51. The van der Waals surface area contributed by atoms with Gasteiger partial charge in [0.1, 0.15) is 0 Å². The molecule has 3 aromatic carbocycles. The number of thioether (sulfide) groups is 1. The Morgan fingerprint density at radius 3 is 2.53 bits per heavy atom. The molecule has 0 aliphatic carbocycles. The van der Waals surface area contributed by atoms with E-state index in [1.807, 2.05) is 48.5 Å². The van der Waals surface area contributed by atoms with Gasteiger partial charge in [-0.2, -0.15) is 0 Å². The van der Waals surface area contributed by atoms with E-state index in [1.54, 1.807) is 30.3 Å². The fraction of sp³-hybridized carbons (Fsp3) is 0.0800. The number of carbonyl (C=O) groups is 2. The highest BCUT2D eigenvalue weighted by Gasteiger charge is 2.24. The number of carbonyl (C=O) groups excluding carboxylic acids is 2. The molecule has 0 unspecified atom stereocenters. The third kappa shape index (κ3) is 6.06. The Morgan fingerprint density at radius 1 is 1.12 bits per heavy atom. The Balaban J connectivity index is 1.47. The molecule has 9 heteroatoms. The van der Waals surface area contributed by atoms with E-state index in [2.05, 4.69) is 31.6 Å². The second kappa shape index (κ2) is 11.0. The van der Waals surface area contributed by atoms with E-state index in [0.29, 0.717) is 31.7 Å². The minimum Gasteiger partial charge on any atom is -0.493 e. The lowest BCUT2D eigenvalue weighted by molar-refractivity contribution is -0.118. The van der Waals surface area contributed by atoms with Gasteiger partial charge in [-0.1, -0.05) is 36.4 Å². The van der Waals surface area contributed by atoms with E-state index < -0.39 is 0 Å². The van der Waals surface area contributed by atoms with Gasteiger partial charge in [-0.3, -0.25) is 9.59 Å². The molecule has 34 heavy (non-hydrogen) atoms. The number of amidine groups is 1. The molecule has 0 radical (unpaired) electrons. The molecule has 1 aliphatic heterocycles. The van der Waals surface area contributed by atoms with Crippen molar-refractivity contribution in [2.45, 2.75) is 0 Å². The summed E-state index contributed by atoms with van der Waals surface area (Å²) in [6, 6.07) is 22.1. The highest BCUT2D eigenvalue weighted by molar-refractivity contribution is 9.10. The molecule has 1 fully saturated rings. The first kappa shape index (κ1) is 23.6. The molecule has 2 amide bonds. The van der Waals surface area contributed by atoms with E-state index in [9.17, 15) is 9.59 Å². The molecule has 1 heterocycles. The topological polar surface area (TPSA) is 89.0 Å². The van der Waals surface area contributed by atoms with Crippen LogP contribution in [0.25, 0.3) is 6.08 Å². The molecule has 0 bridgehead atoms. The van der Waals surface area contributed by atoms with Crippen molar-refractivity contribution >= 4 is 62.1 Å². The van der Waals surface area contributed by atoms with Crippen LogP contribution in [0.2, 0.25) is 0 Å². The Labute approximate surface area is 209 Å². The normalized spacial score (nSPS) is 15.3. The van der Waals surface area contributed by atoms with Gasteiger partial charge >= 0.3 is 0 Å². The maximum atomic E-state index is 12.4. The average molecular weight is 538 g/mol. The van der Waals surface area contributed by atoms with Crippen LogP contribution < -0.4 is 20.1 Å². The van der Waals surface area contributed by atoms with Gasteiger partial charge in [-0.25, -0.2) is 4.99 Å². The molecule has 3 aromatic rings. The lowest BCUT2D eigenvalue weighted by Gasteiger charge is -2.13. The summed E-state index contributed by atoms with van der Waals surface area (Å²) in [5.41, 5.74) is 2.17. The molecule has 0 atom stereocenters. The average Bonchev–Trinajstić information content (AvgIpc) is 3.17. The second-order valence-corrected chi connectivity index (χ2v) is 8.94. The highest BCUT2D eigenvalue weighted by Crippen LogP contribution is 2.38. The molecule has 0 spiro atoms. The molecule has 7 nitrogen and oxygen atoms in total. The number of amides is 2. The summed E-state index contributed by atoms with van der Waals surface area (Å²) in [6.07, 6.45) is 1.74. The molecule has 0 aromatic heterocycles. The van der Waals surface area contributed by atoms with Gasteiger partial charge in [0.25, 0.3) is 11.8 Å². The lowest BCUT2D eigenvalue weighted by Crippen LogP contribution is -2.20. The van der Waals surface area contributed by atoms with Gasteiger partial charge in [-0.15, -0.1) is 0 Å². The Hall–Kier alpha value is -3.56. The van der Waals surface area contributed by atoms with Gasteiger partial charge in [0.15, 0.2) is 23.3 Å². The third-order valence-corrected chi connectivity index (χ3v) is 6.09. The molecule has 1 aliphatic rings. The van der Waals surface area contributed by atoms with E-state index in [1.165, 1.54) is 18.9 Å². The van der Waals surface area contributed by atoms with Crippen molar-refractivity contribution in [1.29, 1.82) is 0 Å². The van der Waals surface area contributed by atoms with E-state index in [4.69, 9.17) is 9.47 Å². The Bertz CT molecular complexity index is 1260. The van der Waals surface area contributed by atoms with Crippen LogP contribution in [0.4, 0.5) is 11.4 Å². The van der Waals surface area contributed by atoms with Gasteiger partial charge in [0.05, 0.1) is 22.2 Å². The van der Waals surface area contributed by atoms with Gasteiger partial charge < -0.3 is 20.1 Å². The number of halogens is 1. The van der Waals surface area contributed by atoms with E-state index >= 15 is 0 Å². The first-order chi connectivity index (χ1) is 16.5. The summed E-state index contributed by atoms with van der Waals surface area (Å²) in [5, 5.41) is 6.05. The van der Waals surface area contributed by atoms with Crippen molar-refractivity contribution in [1.82, 2.24) is 5.32 Å². The van der Waals surface area contributed by atoms with E-state index in [0.717, 1.165) is 11.3 Å². The fourth-order valence-electron chi connectivity index (χ4n) is 3.07. The van der Waals surface area contributed by atoms with Gasteiger partial charge in [0.2, 0.25) is 0 Å². The summed E-state index contributed by atoms with van der Waals surface area (Å²) < 4.78 is 11.8. The zero-order valence-corrected chi connectivity index (χ0v) is 20.5. The predicted octanol–water partition coefficient (Wildman–Crippen LogP) is 5.37. The van der Waals surface area contributed by atoms with E-state index in [-0.39, 0.29) is 18.4 Å². The van der Waals surface area contributed by atoms with Crippen LogP contribution in [0.3, 0.4) is 0 Å². The van der Waals surface area contributed by atoms with Crippen LogP contribution >= 0.6 is 27.7 Å². The number of benzene rings is 3. The number of hydrogen-bond donors (Lipinski definition) is 2. The number of nitrogens with one attached hydrogen (secondary N) is 2. The maximum Gasteiger partial charge on any atom is 0.264 e. The van der Waals surface area contributed by atoms with Crippen molar-refractivity contribution in [3.05, 3.63) is 87.7 Å². The summed E-state index contributed by atoms with van der Waals surface area (Å²) in [6.45, 7) is -0.193. The molecule has 1 saturated heterocycles.